The number of carboxylic acids is 1. The number of hydrogen-bond acceptors (Lipinski definition) is 4. The zero-order valence-electron chi connectivity index (χ0n) is 17.8. The molecular formula is C24H19ClF3N3O3. The summed E-state index contributed by atoms with van der Waals surface area (Å²) in [7, 11) is 1.65. The number of benzene rings is 3. The van der Waals surface area contributed by atoms with Crippen molar-refractivity contribution in [3.8, 4) is 11.1 Å². The third-order valence-corrected chi connectivity index (χ3v) is 5.35. The molecule has 0 saturated heterocycles. The maximum absolute atomic E-state index is 13.3. The summed E-state index contributed by atoms with van der Waals surface area (Å²) < 4.78 is 31.7. The third-order valence-electron chi connectivity index (χ3n) is 5.11. The van der Waals surface area contributed by atoms with E-state index in [2.05, 4.69) is 4.99 Å². The monoisotopic (exact) mass is 489 g/mol. The van der Waals surface area contributed by atoms with Crippen LogP contribution in [0.2, 0.25) is 5.02 Å². The molecule has 1 heterocycles. The van der Waals surface area contributed by atoms with Gasteiger partial charge in [-0.15, -0.1) is 0 Å². The highest BCUT2D eigenvalue weighted by atomic mass is 35.5. The normalized spacial score (nSPS) is 17.6. The van der Waals surface area contributed by atoms with Gasteiger partial charge in [0.2, 0.25) is 0 Å². The minimum absolute atomic E-state index is 0.172. The number of aliphatic carboxylic acids is 1. The Kier molecular flexibility index (Phi) is 6.97. The van der Waals surface area contributed by atoms with E-state index in [4.69, 9.17) is 27.2 Å². The smallest absolute Gasteiger partial charge is 0.475 e. The Bertz CT molecular complexity index is 1250. The van der Waals surface area contributed by atoms with E-state index >= 15 is 0 Å². The molecule has 1 unspecified atom stereocenters. The van der Waals surface area contributed by atoms with Gasteiger partial charge in [0, 0.05) is 12.1 Å². The molecule has 0 aromatic heterocycles. The lowest BCUT2D eigenvalue weighted by Gasteiger charge is -2.26. The Labute approximate surface area is 198 Å². The summed E-state index contributed by atoms with van der Waals surface area (Å²) in [4.78, 5) is 28.2. The topological polar surface area (TPSA) is 96.0 Å². The average molecular weight is 490 g/mol. The highest BCUT2D eigenvalue weighted by Gasteiger charge is 2.49. The van der Waals surface area contributed by atoms with Crippen LogP contribution >= 0.6 is 11.6 Å². The van der Waals surface area contributed by atoms with Crippen molar-refractivity contribution in [3.63, 3.8) is 0 Å². The summed E-state index contributed by atoms with van der Waals surface area (Å²) in [5, 5.41) is 7.79. The Hall–Kier alpha value is -3.85. The fourth-order valence-corrected chi connectivity index (χ4v) is 3.65. The van der Waals surface area contributed by atoms with E-state index in [0.29, 0.717) is 5.02 Å². The van der Waals surface area contributed by atoms with Crippen LogP contribution in [0.4, 0.5) is 13.2 Å². The van der Waals surface area contributed by atoms with Crippen LogP contribution in [0.1, 0.15) is 11.1 Å². The second-order valence-corrected chi connectivity index (χ2v) is 7.74. The first-order chi connectivity index (χ1) is 16.0. The standard InChI is InChI=1S/C22H18ClN3O.C2HF3O2/c1-26-20(27)22(25-21(26)24,17-9-3-2-4-10-17)18-11-5-7-15(13-18)16-8-6-12-19(23)14-16;3-2(4,5)1(6)7/h2-14H,1H3,(H2,24,25);(H,6,7). The van der Waals surface area contributed by atoms with Gasteiger partial charge in [0.1, 0.15) is 0 Å². The van der Waals surface area contributed by atoms with Gasteiger partial charge < -0.3 is 10.8 Å². The molecule has 3 N–H and O–H groups in total. The van der Waals surface area contributed by atoms with E-state index in [-0.39, 0.29) is 11.9 Å². The number of carbonyl (C=O) groups excluding carboxylic acids is 1. The van der Waals surface area contributed by atoms with Crippen LogP contribution in [0, 0.1) is 0 Å². The Morgan fingerprint density at radius 2 is 1.50 bits per heavy atom. The summed E-state index contributed by atoms with van der Waals surface area (Å²) in [5.41, 5.74) is 8.32. The number of carboxylic acid groups (broad SMARTS) is 1. The number of rotatable bonds is 3. The number of aliphatic imine (C=N–C) groups is 1. The summed E-state index contributed by atoms with van der Waals surface area (Å²) in [6, 6.07) is 24.9. The van der Waals surface area contributed by atoms with Gasteiger partial charge in [-0.25, -0.2) is 9.79 Å². The highest BCUT2D eigenvalue weighted by Crippen LogP contribution is 2.40. The van der Waals surface area contributed by atoms with Gasteiger partial charge >= 0.3 is 12.1 Å². The predicted octanol–water partition coefficient (Wildman–Crippen LogP) is 4.67. The van der Waals surface area contributed by atoms with Crippen LogP contribution in [0.5, 0.6) is 0 Å². The van der Waals surface area contributed by atoms with Crippen molar-refractivity contribution >= 4 is 29.4 Å². The van der Waals surface area contributed by atoms with Gasteiger partial charge in [-0.05, 0) is 40.5 Å². The molecule has 3 aromatic rings. The van der Waals surface area contributed by atoms with E-state index in [9.17, 15) is 18.0 Å². The average Bonchev–Trinajstić information content (AvgIpc) is 3.04. The van der Waals surface area contributed by atoms with Crippen LogP contribution in [0.15, 0.2) is 83.9 Å². The summed E-state index contributed by atoms with van der Waals surface area (Å²) in [5.74, 6) is -2.72. The summed E-state index contributed by atoms with van der Waals surface area (Å²) >= 11 is 6.15. The molecule has 0 spiro atoms. The molecule has 1 aliphatic heterocycles. The zero-order valence-corrected chi connectivity index (χ0v) is 18.5. The maximum atomic E-state index is 13.3. The third kappa shape index (κ3) is 4.89. The molecule has 4 rings (SSSR count). The van der Waals surface area contributed by atoms with Gasteiger partial charge in [-0.1, -0.05) is 72.3 Å². The van der Waals surface area contributed by atoms with Crippen molar-refractivity contribution in [1.82, 2.24) is 4.90 Å². The second-order valence-electron chi connectivity index (χ2n) is 7.30. The number of guanidine groups is 1. The molecule has 0 fully saturated rings. The first kappa shape index (κ1) is 24.8. The lowest BCUT2D eigenvalue weighted by atomic mass is 9.82. The van der Waals surface area contributed by atoms with Crippen molar-refractivity contribution in [2.75, 3.05) is 7.05 Å². The van der Waals surface area contributed by atoms with E-state index in [1.165, 1.54) is 4.90 Å². The summed E-state index contributed by atoms with van der Waals surface area (Å²) in [6.45, 7) is 0. The fraction of sp³-hybridized carbons (Fsp3) is 0.125. The molecule has 0 bridgehead atoms. The first-order valence-electron chi connectivity index (χ1n) is 9.82. The molecule has 0 saturated carbocycles. The highest BCUT2D eigenvalue weighted by molar-refractivity contribution is 6.30. The summed E-state index contributed by atoms with van der Waals surface area (Å²) in [6.07, 6.45) is -5.08. The molecular weight excluding hydrogens is 471 g/mol. The van der Waals surface area contributed by atoms with Crippen LogP contribution in [-0.4, -0.2) is 41.1 Å². The molecule has 34 heavy (non-hydrogen) atoms. The number of amides is 1. The minimum Gasteiger partial charge on any atom is -0.475 e. The van der Waals surface area contributed by atoms with E-state index in [0.717, 1.165) is 22.3 Å². The number of halogens is 4. The number of likely N-dealkylation sites (N-methyl/N-ethyl adjacent to an activating group) is 1. The number of nitrogens with zero attached hydrogens (tertiary/aromatic N) is 2. The minimum atomic E-state index is -5.08. The molecule has 176 valence electrons. The van der Waals surface area contributed by atoms with Gasteiger partial charge in [0.15, 0.2) is 11.5 Å². The largest absolute Gasteiger partial charge is 0.490 e. The molecule has 6 nitrogen and oxygen atoms in total. The quantitative estimate of drug-likeness (QED) is 0.559. The lowest BCUT2D eigenvalue weighted by Crippen LogP contribution is -2.41. The lowest BCUT2D eigenvalue weighted by molar-refractivity contribution is -0.192. The number of alkyl halides is 3. The van der Waals surface area contributed by atoms with Gasteiger partial charge in [0.25, 0.3) is 5.91 Å². The van der Waals surface area contributed by atoms with Crippen molar-refractivity contribution in [1.29, 1.82) is 0 Å². The number of nitrogens with two attached hydrogens (primary N) is 1. The maximum Gasteiger partial charge on any atom is 0.490 e. The molecule has 1 aliphatic rings. The molecule has 10 heteroatoms. The number of carbonyl (C=O) groups is 2. The second kappa shape index (κ2) is 9.56. The molecule has 1 amide bonds. The van der Waals surface area contributed by atoms with Crippen molar-refractivity contribution in [2.45, 2.75) is 11.7 Å². The molecule has 0 radical (unpaired) electrons. The zero-order chi connectivity index (χ0) is 25.1. The number of hydrogen-bond donors (Lipinski definition) is 2. The Morgan fingerprint density at radius 1 is 0.971 bits per heavy atom. The molecule has 1 atom stereocenters. The van der Waals surface area contributed by atoms with E-state index in [1.54, 1.807) is 7.05 Å². The molecule has 3 aromatic carbocycles. The SMILES string of the molecule is CN1C(=O)C(c2ccccc2)(c2cccc(-c3cccc(Cl)c3)c2)N=C1N.O=C(O)C(F)(F)F. The van der Waals surface area contributed by atoms with Crippen LogP contribution in [0.25, 0.3) is 11.1 Å². The van der Waals surface area contributed by atoms with Crippen molar-refractivity contribution in [3.05, 3.63) is 95.0 Å². The Morgan fingerprint density at radius 3 is 2.00 bits per heavy atom. The van der Waals surface area contributed by atoms with Crippen LogP contribution < -0.4 is 5.73 Å². The van der Waals surface area contributed by atoms with E-state index < -0.39 is 17.7 Å². The predicted molar refractivity (Wildman–Crippen MR) is 122 cm³/mol. The van der Waals surface area contributed by atoms with Gasteiger partial charge in [-0.2, -0.15) is 13.2 Å². The fourth-order valence-electron chi connectivity index (χ4n) is 3.46. The Balaban J connectivity index is 0.000000406. The van der Waals surface area contributed by atoms with Crippen molar-refractivity contribution in [2.24, 2.45) is 10.7 Å². The first-order valence-corrected chi connectivity index (χ1v) is 10.2. The van der Waals surface area contributed by atoms with Crippen molar-refractivity contribution < 1.29 is 27.9 Å². The van der Waals surface area contributed by atoms with Gasteiger partial charge in [0.05, 0.1) is 0 Å². The molecule has 0 aliphatic carbocycles. The van der Waals surface area contributed by atoms with Gasteiger partial charge in [-0.3, -0.25) is 9.69 Å². The van der Waals surface area contributed by atoms with Crippen LogP contribution in [-0.2, 0) is 15.1 Å². The van der Waals surface area contributed by atoms with E-state index in [1.807, 2.05) is 78.9 Å². The van der Waals surface area contributed by atoms with Crippen LogP contribution in [0.3, 0.4) is 0 Å².